The number of hydrogen-bond acceptors (Lipinski definition) is 9. The topological polar surface area (TPSA) is 137 Å². The van der Waals surface area contributed by atoms with Crippen molar-refractivity contribution in [3.63, 3.8) is 0 Å². The number of unbranched alkanes of at least 4 members (excludes halogenated alkanes) is 1. The number of nitrogens with zero attached hydrogens (tertiary/aromatic N) is 1. The fraction of sp³-hybridized carbons (Fsp3) is 0.393. The Hall–Kier alpha value is -3.77. The first-order valence-corrected chi connectivity index (χ1v) is 14.7. The van der Waals surface area contributed by atoms with Crippen LogP contribution >= 0.6 is 22.7 Å². The summed E-state index contributed by atoms with van der Waals surface area (Å²) in [4.78, 5) is 41.8. The zero-order valence-electron chi connectivity index (χ0n) is 22.5. The monoisotopic (exact) mass is 589 g/mol. The number of ether oxygens (including phenoxy) is 2. The van der Waals surface area contributed by atoms with Gasteiger partial charge in [-0.25, -0.2) is 9.59 Å². The van der Waals surface area contributed by atoms with E-state index in [-0.39, 0.29) is 24.5 Å². The lowest BCUT2D eigenvalue weighted by atomic mass is 10.0. The summed E-state index contributed by atoms with van der Waals surface area (Å²) in [5.74, 6) is -1.26. The SMILES string of the molecule is CCCC[C@@H](COC(=O)N(Cc1cccs1)Cc1cccs1)NC(=O)N[C@@H](CC(=O)OC)c1ccc(O)c(O)c1. The first-order valence-electron chi connectivity index (χ1n) is 12.9. The van der Waals surface area contributed by atoms with E-state index in [0.717, 1.165) is 22.6 Å². The van der Waals surface area contributed by atoms with Crippen LogP contribution in [0.5, 0.6) is 11.5 Å². The largest absolute Gasteiger partial charge is 0.504 e. The lowest BCUT2D eigenvalue weighted by molar-refractivity contribution is -0.141. The van der Waals surface area contributed by atoms with Crippen LogP contribution in [-0.4, -0.2) is 53.0 Å². The summed E-state index contributed by atoms with van der Waals surface area (Å²) in [7, 11) is 1.24. The van der Waals surface area contributed by atoms with Gasteiger partial charge in [0.1, 0.15) is 6.61 Å². The van der Waals surface area contributed by atoms with Crippen LogP contribution in [0, 0.1) is 0 Å². The van der Waals surface area contributed by atoms with Crippen LogP contribution in [0.3, 0.4) is 0 Å². The van der Waals surface area contributed by atoms with Gasteiger partial charge in [0, 0.05) is 9.75 Å². The van der Waals surface area contributed by atoms with E-state index in [1.165, 1.54) is 25.3 Å². The molecule has 216 valence electrons. The Balaban J connectivity index is 1.65. The number of thiophene rings is 2. The van der Waals surface area contributed by atoms with Crippen LogP contribution in [0.1, 0.15) is 54.0 Å². The van der Waals surface area contributed by atoms with Crippen LogP contribution in [0.25, 0.3) is 0 Å². The Labute approximate surface area is 241 Å². The van der Waals surface area contributed by atoms with E-state index < -0.39 is 30.2 Å². The molecule has 10 nitrogen and oxygen atoms in total. The third-order valence-corrected chi connectivity index (χ3v) is 7.79. The second kappa shape index (κ2) is 15.7. The molecule has 0 spiro atoms. The number of amides is 3. The second-order valence-electron chi connectivity index (χ2n) is 9.13. The maximum atomic E-state index is 13.1. The maximum absolute atomic E-state index is 13.1. The number of carbonyl (C=O) groups excluding carboxylic acids is 3. The number of rotatable bonds is 14. The highest BCUT2D eigenvalue weighted by Gasteiger charge is 2.24. The summed E-state index contributed by atoms with van der Waals surface area (Å²) >= 11 is 3.13. The number of phenols is 2. The van der Waals surface area contributed by atoms with E-state index >= 15 is 0 Å². The van der Waals surface area contributed by atoms with Crippen molar-refractivity contribution in [2.75, 3.05) is 13.7 Å². The molecular weight excluding hydrogens is 554 g/mol. The average molecular weight is 590 g/mol. The molecule has 3 rings (SSSR count). The molecule has 40 heavy (non-hydrogen) atoms. The van der Waals surface area contributed by atoms with Crippen molar-refractivity contribution in [1.29, 1.82) is 0 Å². The molecule has 0 unspecified atom stereocenters. The quantitative estimate of drug-likeness (QED) is 0.143. The number of phenolic OH excluding ortho intramolecular Hbond substituents is 2. The van der Waals surface area contributed by atoms with E-state index in [2.05, 4.69) is 10.6 Å². The molecule has 0 saturated heterocycles. The van der Waals surface area contributed by atoms with Crippen LogP contribution in [0.2, 0.25) is 0 Å². The van der Waals surface area contributed by atoms with Crippen molar-refractivity contribution in [2.45, 2.75) is 57.8 Å². The van der Waals surface area contributed by atoms with Gasteiger partial charge in [-0.15, -0.1) is 22.7 Å². The molecule has 0 aliphatic carbocycles. The molecule has 0 radical (unpaired) electrons. The van der Waals surface area contributed by atoms with Crippen molar-refractivity contribution >= 4 is 40.8 Å². The molecular formula is C28H35N3O7S2. The zero-order valence-corrected chi connectivity index (χ0v) is 24.1. The lowest BCUT2D eigenvalue weighted by Crippen LogP contribution is -2.46. The van der Waals surface area contributed by atoms with Crippen molar-refractivity contribution < 1.29 is 34.1 Å². The number of benzene rings is 1. The molecule has 12 heteroatoms. The van der Waals surface area contributed by atoms with Gasteiger partial charge in [-0.1, -0.05) is 38.0 Å². The lowest BCUT2D eigenvalue weighted by Gasteiger charge is -2.25. The summed E-state index contributed by atoms with van der Waals surface area (Å²) in [5, 5.41) is 29.0. The van der Waals surface area contributed by atoms with Gasteiger partial charge < -0.3 is 30.3 Å². The number of nitrogens with one attached hydrogen (secondary N) is 2. The minimum absolute atomic E-state index is 0.0285. The van der Waals surface area contributed by atoms with Crippen LogP contribution in [-0.2, 0) is 27.4 Å². The fourth-order valence-corrected chi connectivity index (χ4v) is 5.36. The maximum Gasteiger partial charge on any atom is 0.410 e. The smallest absolute Gasteiger partial charge is 0.410 e. The zero-order chi connectivity index (χ0) is 28.9. The molecule has 0 bridgehead atoms. The first-order chi connectivity index (χ1) is 19.3. The third kappa shape index (κ3) is 9.76. The van der Waals surface area contributed by atoms with Crippen molar-refractivity contribution in [1.82, 2.24) is 15.5 Å². The van der Waals surface area contributed by atoms with Gasteiger partial charge >= 0.3 is 18.1 Å². The van der Waals surface area contributed by atoms with E-state index in [0.29, 0.717) is 25.1 Å². The number of urea groups is 1. The van der Waals surface area contributed by atoms with Crippen molar-refractivity contribution in [3.05, 3.63) is 68.5 Å². The van der Waals surface area contributed by atoms with Gasteiger partial charge in [-0.05, 0) is 47.0 Å². The van der Waals surface area contributed by atoms with Crippen LogP contribution < -0.4 is 10.6 Å². The van der Waals surface area contributed by atoms with Crippen LogP contribution in [0.15, 0.2) is 53.2 Å². The number of hydrogen-bond donors (Lipinski definition) is 4. The molecule has 2 atom stereocenters. The summed E-state index contributed by atoms with van der Waals surface area (Å²) in [6, 6.07) is 9.97. The number of methoxy groups -OCH3 is 1. The summed E-state index contributed by atoms with van der Waals surface area (Å²) < 4.78 is 10.4. The van der Waals surface area contributed by atoms with Gasteiger partial charge in [0.05, 0.1) is 38.7 Å². The second-order valence-corrected chi connectivity index (χ2v) is 11.2. The first kappa shape index (κ1) is 30.8. The van der Waals surface area contributed by atoms with Gasteiger partial charge in [0.25, 0.3) is 0 Å². The molecule has 0 aliphatic heterocycles. The van der Waals surface area contributed by atoms with Gasteiger partial charge in [0.15, 0.2) is 11.5 Å². The molecule has 2 aromatic heterocycles. The van der Waals surface area contributed by atoms with Gasteiger partial charge in [-0.2, -0.15) is 0 Å². The summed E-state index contributed by atoms with van der Waals surface area (Å²) in [6.07, 6.45) is 1.59. The molecule has 4 N–H and O–H groups in total. The molecule has 0 fully saturated rings. The summed E-state index contributed by atoms with van der Waals surface area (Å²) in [6.45, 7) is 2.82. The minimum Gasteiger partial charge on any atom is -0.504 e. The van der Waals surface area contributed by atoms with E-state index in [9.17, 15) is 24.6 Å². The predicted octanol–water partition coefficient (Wildman–Crippen LogP) is 5.52. The highest BCUT2D eigenvalue weighted by Crippen LogP contribution is 2.29. The normalized spacial score (nSPS) is 12.2. The van der Waals surface area contributed by atoms with Crippen molar-refractivity contribution in [3.8, 4) is 11.5 Å². The number of esters is 1. The average Bonchev–Trinajstić information content (AvgIpc) is 3.65. The van der Waals surface area contributed by atoms with Crippen molar-refractivity contribution in [2.24, 2.45) is 0 Å². The van der Waals surface area contributed by atoms with Gasteiger partial charge in [0.2, 0.25) is 0 Å². The molecule has 2 heterocycles. The molecule has 3 aromatic rings. The Kier molecular flexibility index (Phi) is 12.1. The predicted molar refractivity (Wildman–Crippen MR) is 153 cm³/mol. The summed E-state index contributed by atoms with van der Waals surface area (Å²) in [5.41, 5.74) is 0.408. The Morgan fingerprint density at radius 3 is 2.20 bits per heavy atom. The third-order valence-electron chi connectivity index (χ3n) is 6.07. The number of aromatic hydroxyl groups is 2. The fourth-order valence-electron chi connectivity index (χ4n) is 3.92. The molecule has 0 saturated carbocycles. The van der Waals surface area contributed by atoms with E-state index in [4.69, 9.17) is 9.47 Å². The Morgan fingerprint density at radius 1 is 0.975 bits per heavy atom. The Bertz CT molecular complexity index is 1180. The molecule has 0 aliphatic rings. The Morgan fingerprint density at radius 2 is 1.65 bits per heavy atom. The highest BCUT2D eigenvalue weighted by molar-refractivity contribution is 7.10. The van der Waals surface area contributed by atoms with Crippen LogP contribution in [0.4, 0.5) is 9.59 Å². The standard InChI is InChI=1S/C28H35N3O7S2/c1-3-4-7-20(18-38-28(36)31(16-21-8-5-12-39-21)17-22-9-6-13-40-22)29-27(35)30-23(15-26(34)37-2)19-10-11-24(32)25(33)14-19/h5-6,8-14,20,23,32-33H,3-4,7,15-18H2,1-2H3,(H2,29,30,35)/t20-,23-/m0/s1. The van der Waals surface area contributed by atoms with Gasteiger partial charge in [-0.3, -0.25) is 9.69 Å². The van der Waals surface area contributed by atoms with E-state index in [1.54, 1.807) is 27.6 Å². The number of carbonyl (C=O) groups is 3. The molecule has 3 amide bonds. The van der Waals surface area contributed by atoms with E-state index in [1.807, 2.05) is 41.9 Å². The minimum atomic E-state index is -0.833. The highest BCUT2D eigenvalue weighted by atomic mass is 32.1. The molecule has 1 aromatic carbocycles.